The van der Waals surface area contributed by atoms with Crippen molar-refractivity contribution in [3.8, 4) is 0 Å². The molecule has 4 N–H and O–H groups in total. The summed E-state index contributed by atoms with van der Waals surface area (Å²) in [6.45, 7) is 0. The van der Waals surface area contributed by atoms with E-state index >= 15 is 0 Å². The Balaban J connectivity index is 2.11. The third-order valence-electron chi connectivity index (χ3n) is 3.23. The van der Waals surface area contributed by atoms with Gasteiger partial charge in [-0.1, -0.05) is 12.1 Å². The van der Waals surface area contributed by atoms with Crippen LogP contribution in [0.3, 0.4) is 0 Å². The summed E-state index contributed by atoms with van der Waals surface area (Å²) < 4.78 is 1.05. The highest BCUT2D eigenvalue weighted by atomic mass is 127. The number of halogens is 1. The largest absolute Gasteiger partial charge is 0.472 e. The number of amides is 2. The second-order valence-corrected chi connectivity index (χ2v) is 6.42. The molecule has 2 rings (SSSR count). The minimum Gasteiger partial charge on any atom is -0.426 e. The second-order valence-electron chi connectivity index (χ2n) is 5.17. The summed E-state index contributed by atoms with van der Waals surface area (Å²) in [7, 11) is -1.67. The van der Waals surface area contributed by atoms with Crippen molar-refractivity contribution in [3.05, 3.63) is 57.7 Å². The number of aromatic nitrogens is 2. The highest BCUT2D eigenvalue weighted by Gasteiger charge is 2.23. The Morgan fingerprint density at radius 2 is 1.92 bits per heavy atom. The average molecular weight is 454 g/mol. The Hall–Kier alpha value is -2.05. The molecule has 0 aliphatic carbocycles. The molecule has 0 saturated heterocycles. The molecular weight excluding hydrogens is 438 g/mol. The zero-order valence-electron chi connectivity index (χ0n) is 13.1. The van der Waals surface area contributed by atoms with Crippen LogP contribution in [0.4, 0.5) is 0 Å². The van der Waals surface area contributed by atoms with Crippen molar-refractivity contribution < 1.29 is 19.6 Å². The molecule has 0 radical (unpaired) electrons. The lowest BCUT2D eigenvalue weighted by atomic mass is 9.92. The van der Waals surface area contributed by atoms with Crippen LogP contribution in [0, 0.1) is 3.57 Å². The molecule has 2 amide bonds. The molecule has 1 atom stereocenters. The Bertz CT molecular complexity index is 715. The molecule has 0 aliphatic rings. The minimum absolute atomic E-state index is 0.0881. The number of rotatable bonds is 7. The fraction of sp³-hybridized carbons (Fsp3) is 0.200. The van der Waals surface area contributed by atoms with Crippen molar-refractivity contribution in [1.82, 2.24) is 20.6 Å². The predicted molar refractivity (Wildman–Crippen MR) is 99.4 cm³/mol. The third-order valence-corrected chi connectivity index (χ3v) is 3.95. The molecule has 0 bridgehead atoms. The van der Waals surface area contributed by atoms with Crippen LogP contribution in [-0.2, 0) is 11.2 Å². The zero-order chi connectivity index (χ0) is 18.2. The molecule has 130 valence electrons. The number of nitrogens with zero attached hydrogens (tertiary/aromatic N) is 2. The van der Waals surface area contributed by atoms with Gasteiger partial charge in [-0.2, -0.15) is 0 Å². The first kappa shape index (κ1) is 19.3. The van der Waals surface area contributed by atoms with Gasteiger partial charge in [0.15, 0.2) is 0 Å². The summed E-state index contributed by atoms with van der Waals surface area (Å²) in [6.07, 6.45) is 4.03. The predicted octanol–water partition coefficient (Wildman–Crippen LogP) is -0.450. The van der Waals surface area contributed by atoms with Crippen LogP contribution < -0.4 is 10.6 Å². The summed E-state index contributed by atoms with van der Waals surface area (Å²) in [5, 5.41) is 22.8. The summed E-state index contributed by atoms with van der Waals surface area (Å²) in [4.78, 5) is 32.3. The van der Waals surface area contributed by atoms with E-state index in [-0.39, 0.29) is 18.6 Å². The highest BCUT2D eigenvalue weighted by molar-refractivity contribution is 14.1. The van der Waals surface area contributed by atoms with Gasteiger partial charge in [-0.25, -0.2) is 4.98 Å². The Labute approximate surface area is 158 Å². The van der Waals surface area contributed by atoms with Gasteiger partial charge >= 0.3 is 7.12 Å². The van der Waals surface area contributed by atoms with E-state index in [0.717, 1.165) is 9.13 Å². The SMILES string of the molecule is O=C(N[C@@H](Cc1ccc(I)cc1)C(=O)NCB(O)O)c1cnccn1. The molecule has 0 unspecified atom stereocenters. The van der Waals surface area contributed by atoms with Gasteiger partial charge in [-0.15, -0.1) is 0 Å². The van der Waals surface area contributed by atoms with Crippen molar-refractivity contribution in [1.29, 1.82) is 0 Å². The van der Waals surface area contributed by atoms with Gasteiger partial charge < -0.3 is 20.7 Å². The van der Waals surface area contributed by atoms with Gasteiger partial charge in [0.1, 0.15) is 11.7 Å². The Morgan fingerprint density at radius 3 is 2.52 bits per heavy atom. The van der Waals surface area contributed by atoms with Crippen molar-refractivity contribution in [3.63, 3.8) is 0 Å². The molecule has 0 aliphatic heterocycles. The van der Waals surface area contributed by atoms with Crippen molar-refractivity contribution in [2.75, 3.05) is 6.44 Å². The van der Waals surface area contributed by atoms with Crippen LogP contribution in [0.25, 0.3) is 0 Å². The first-order valence-corrected chi connectivity index (χ1v) is 8.48. The molecule has 2 aromatic rings. The molecule has 0 fully saturated rings. The maximum Gasteiger partial charge on any atom is 0.472 e. The van der Waals surface area contributed by atoms with Crippen molar-refractivity contribution in [2.24, 2.45) is 0 Å². The lowest BCUT2D eigenvalue weighted by Gasteiger charge is -2.18. The maximum atomic E-state index is 12.3. The van der Waals surface area contributed by atoms with Gasteiger partial charge in [-0.05, 0) is 40.3 Å². The molecule has 8 nitrogen and oxygen atoms in total. The summed E-state index contributed by atoms with van der Waals surface area (Å²) in [6, 6.07) is 6.61. The van der Waals surface area contributed by atoms with Gasteiger partial charge in [0.2, 0.25) is 5.91 Å². The molecule has 0 saturated carbocycles. The van der Waals surface area contributed by atoms with E-state index in [4.69, 9.17) is 10.0 Å². The van der Waals surface area contributed by atoms with Crippen molar-refractivity contribution in [2.45, 2.75) is 12.5 Å². The van der Waals surface area contributed by atoms with Gasteiger partial charge in [0.25, 0.3) is 5.91 Å². The summed E-state index contributed by atoms with van der Waals surface area (Å²) >= 11 is 2.17. The first-order chi connectivity index (χ1) is 12.0. The van der Waals surface area contributed by atoms with Crippen molar-refractivity contribution >= 4 is 41.5 Å². The number of nitrogens with one attached hydrogen (secondary N) is 2. The molecule has 25 heavy (non-hydrogen) atoms. The fourth-order valence-corrected chi connectivity index (χ4v) is 2.39. The summed E-state index contributed by atoms with van der Waals surface area (Å²) in [5.74, 6) is -1.06. The molecule has 10 heteroatoms. The normalized spacial score (nSPS) is 11.5. The molecule has 1 aromatic heterocycles. The quantitative estimate of drug-likeness (QED) is 0.332. The van der Waals surface area contributed by atoms with E-state index in [1.807, 2.05) is 24.3 Å². The van der Waals surface area contributed by atoms with Crippen LogP contribution in [0.5, 0.6) is 0 Å². The lowest BCUT2D eigenvalue weighted by Crippen LogP contribution is -2.50. The molecule has 1 aromatic carbocycles. The Kier molecular flexibility index (Phi) is 7.28. The number of hydrogen-bond donors (Lipinski definition) is 4. The first-order valence-electron chi connectivity index (χ1n) is 7.41. The van der Waals surface area contributed by atoms with E-state index in [0.29, 0.717) is 0 Å². The van der Waals surface area contributed by atoms with Crippen LogP contribution in [0.1, 0.15) is 16.1 Å². The smallest absolute Gasteiger partial charge is 0.426 e. The van der Waals surface area contributed by atoms with E-state index in [9.17, 15) is 9.59 Å². The van der Waals surface area contributed by atoms with Crippen LogP contribution >= 0.6 is 22.6 Å². The third kappa shape index (κ3) is 6.40. The molecule has 0 spiro atoms. The van der Waals surface area contributed by atoms with Gasteiger partial charge in [0.05, 0.1) is 12.6 Å². The second kappa shape index (κ2) is 9.44. The maximum absolute atomic E-state index is 12.3. The fourth-order valence-electron chi connectivity index (χ4n) is 2.03. The zero-order valence-corrected chi connectivity index (χ0v) is 15.3. The molecular formula is C15H16BIN4O4. The number of carbonyl (C=O) groups excluding carboxylic acids is 2. The van der Waals surface area contributed by atoms with E-state index in [1.54, 1.807) is 0 Å². The van der Waals surface area contributed by atoms with Gasteiger partial charge in [-0.3, -0.25) is 14.6 Å². The van der Waals surface area contributed by atoms with E-state index in [1.165, 1.54) is 18.6 Å². The minimum atomic E-state index is -1.67. The van der Waals surface area contributed by atoms with Gasteiger partial charge in [0, 0.05) is 22.4 Å². The lowest BCUT2D eigenvalue weighted by molar-refractivity contribution is -0.122. The number of carbonyl (C=O) groups is 2. The topological polar surface area (TPSA) is 124 Å². The monoisotopic (exact) mass is 454 g/mol. The molecule has 1 heterocycles. The average Bonchev–Trinajstić information content (AvgIpc) is 2.61. The number of hydrogen-bond acceptors (Lipinski definition) is 6. The van der Waals surface area contributed by atoms with Crippen LogP contribution in [0.2, 0.25) is 0 Å². The van der Waals surface area contributed by atoms with Crippen LogP contribution in [-0.4, -0.2) is 51.4 Å². The van der Waals surface area contributed by atoms with E-state index < -0.39 is 25.0 Å². The standard InChI is InChI=1S/C15H16BIN4O4/c17-11-3-1-10(2-4-11)7-12(14(22)20-9-16(24)25)21-15(23)13-8-18-5-6-19-13/h1-6,8,12,24-25H,7,9H2,(H,20,22)(H,21,23)/t12-/m0/s1. The van der Waals surface area contributed by atoms with E-state index in [2.05, 4.69) is 43.2 Å². The summed E-state index contributed by atoms with van der Waals surface area (Å²) in [5.41, 5.74) is 0.940. The van der Waals surface area contributed by atoms with Crippen LogP contribution in [0.15, 0.2) is 42.9 Å². The number of benzene rings is 1. The highest BCUT2D eigenvalue weighted by Crippen LogP contribution is 2.09. The Morgan fingerprint density at radius 1 is 1.20 bits per heavy atom.